The van der Waals surface area contributed by atoms with Crippen molar-refractivity contribution in [2.24, 2.45) is 7.05 Å². The van der Waals surface area contributed by atoms with E-state index in [1.54, 1.807) is 7.11 Å². The number of para-hydroxylation sites is 2. The molecule has 3 aromatic rings. The number of imidazole rings is 1. The first-order valence-electron chi connectivity index (χ1n) is 7.47. The molecule has 0 bridgehead atoms. The van der Waals surface area contributed by atoms with Crippen LogP contribution in [0.15, 0.2) is 48.5 Å². The monoisotopic (exact) mass is 309 g/mol. The van der Waals surface area contributed by atoms with E-state index in [-0.39, 0.29) is 5.91 Å². The number of carbonyl (C=O) groups excluding carboxylic acids is 1. The fourth-order valence-electron chi connectivity index (χ4n) is 2.56. The van der Waals surface area contributed by atoms with Crippen LogP contribution in [-0.4, -0.2) is 22.6 Å². The number of aryl methyl sites for hydroxylation is 1. The summed E-state index contributed by atoms with van der Waals surface area (Å²) in [5.74, 6) is 1.56. The van der Waals surface area contributed by atoms with Gasteiger partial charge in [0.05, 0.1) is 31.1 Å². The van der Waals surface area contributed by atoms with E-state index in [1.807, 2.05) is 60.1 Å². The predicted octanol–water partition coefficient (Wildman–Crippen LogP) is 2.44. The van der Waals surface area contributed by atoms with Crippen molar-refractivity contribution in [2.75, 3.05) is 7.11 Å². The Hall–Kier alpha value is -2.82. The van der Waals surface area contributed by atoms with Crippen molar-refractivity contribution in [1.29, 1.82) is 0 Å². The number of nitrogens with one attached hydrogen (secondary N) is 1. The van der Waals surface area contributed by atoms with E-state index >= 15 is 0 Å². The number of fused-ring (bicyclic) bond motifs is 1. The summed E-state index contributed by atoms with van der Waals surface area (Å²) >= 11 is 0. The first kappa shape index (κ1) is 15.1. The number of aromatic nitrogens is 2. The van der Waals surface area contributed by atoms with E-state index in [9.17, 15) is 4.79 Å². The highest BCUT2D eigenvalue weighted by atomic mass is 16.5. The molecule has 0 unspecified atom stereocenters. The number of benzene rings is 2. The SMILES string of the molecule is COc1cccc(CC(=O)NCc2nc3ccccc3n2C)c1. The molecule has 118 valence electrons. The lowest BCUT2D eigenvalue weighted by molar-refractivity contribution is -0.120. The highest BCUT2D eigenvalue weighted by Gasteiger charge is 2.09. The zero-order valence-corrected chi connectivity index (χ0v) is 13.2. The number of carbonyl (C=O) groups is 1. The highest BCUT2D eigenvalue weighted by molar-refractivity contribution is 5.79. The summed E-state index contributed by atoms with van der Waals surface area (Å²) in [5, 5.41) is 2.92. The maximum absolute atomic E-state index is 12.1. The fourth-order valence-corrected chi connectivity index (χ4v) is 2.56. The Morgan fingerprint density at radius 2 is 2.04 bits per heavy atom. The molecule has 1 N–H and O–H groups in total. The second-order valence-electron chi connectivity index (χ2n) is 5.38. The van der Waals surface area contributed by atoms with Crippen molar-refractivity contribution in [3.8, 4) is 5.75 Å². The maximum atomic E-state index is 12.1. The minimum Gasteiger partial charge on any atom is -0.497 e. The van der Waals surface area contributed by atoms with Crippen molar-refractivity contribution < 1.29 is 9.53 Å². The fraction of sp³-hybridized carbons (Fsp3) is 0.222. The molecule has 1 amide bonds. The molecule has 2 aromatic carbocycles. The topological polar surface area (TPSA) is 56.1 Å². The van der Waals surface area contributed by atoms with Crippen molar-refractivity contribution in [3.05, 3.63) is 59.9 Å². The van der Waals surface area contributed by atoms with E-state index in [0.717, 1.165) is 28.2 Å². The summed E-state index contributed by atoms with van der Waals surface area (Å²) in [7, 11) is 3.57. The Labute approximate surface area is 134 Å². The Morgan fingerprint density at radius 1 is 1.22 bits per heavy atom. The third-order valence-corrected chi connectivity index (χ3v) is 3.82. The van der Waals surface area contributed by atoms with Crippen LogP contribution in [-0.2, 0) is 24.8 Å². The van der Waals surface area contributed by atoms with Crippen molar-refractivity contribution in [1.82, 2.24) is 14.9 Å². The number of nitrogens with zero attached hydrogens (tertiary/aromatic N) is 2. The average molecular weight is 309 g/mol. The minimum atomic E-state index is -0.0368. The van der Waals surface area contributed by atoms with E-state index in [4.69, 9.17) is 4.74 Å². The average Bonchev–Trinajstić information content (AvgIpc) is 2.90. The molecule has 0 spiro atoms. The van der Waals surface area contributed by atoms with Gasteiger partial charge in [0.15, 0.2) is 0 Å². The van der Waals surface area contributed by atoms with Crippen LogP contribution in [0.3, 0.4) is 0 Å². The van der Waals surface area contributed by atoms with Crippen LogP contribution in [0.1, 0.15) is 11.4 Å². The molecule has 3 rings (SSSR count). The summed E-state index contributed by atoms with van der Waals surface area (Å²) in [5.41, 5.74) is 2.92. The number of rotatable bonds is 5. The summed E-state index contributed by atoms with van der Waals surface area (Å²) in [6.45, 7) is 0.411. The Bertz CT molecular complexity index is 839. The first-order chi connectivity index (χ1) is 11.2. The molecule has 23 heavy (non-hydrogen) atoms. The van der Waals surface area contributed by atoms with Gasteiger partial charge >= 0.3 is 0 Å². The van der Waals surface area contributed by atoms with Crippen LogP contribution >= 0.6 is 0 Å². The summed E-state index contributed by atoms with van der Waals surface area (Å²) < 4.78 is 7.17. The second kappa shape index (κ2) is 6.52. The van der Waals surface area contributed by atoms with Gasteiger partial charge in [0.25, 0.3) is 0 Å². The van der Waals surface area contributed by atoms with Gasteiger partial charge in [-0.2, -0.15) is 0 Å². The van der Waals surface area contributed by atoms with E-state index in [2.05, 4.69) is 10.3 Å². The molecule has 1 heterocycles. The Balaban J connectivity index is 1.65. The van der Waals surface area contributed by atoms with Gasteiger partial charge in [0, 0.05) is 7.05 Å². The van der Waals surface area contributed by atoms with Crippen molar-refractivity contribution >= 4 is 16.9 Å². The van der Waals surface area contributed by atoms with Gasteiger partial charge in [0.1, 0.15) is 11.6 Å². The molecule has 0 radical (unpaired) electrons. The number of hydrogen-bond donors (Lipinski definition) is 1. The van der Waals surface area contributed by atoms with Gasteiger partial charge in [-0.1, -0.05) is 24.3 Å². The smallest absolute Gasteiger partial charge is 0.224 e. The van der Waals surface area contributed by atoms with Crippen LogP contribution < -0.4 is 10.1 Å². The van der Waals surface area contributed by atoms with Crippen molar-refractivity contribution in [3.63, 3.8) is 0 Å². The summed E-state index contributed by atoms with van der Waals surface area (Å²) in [4.78, 5) is 16.7. The lowest BCUT2D eigenvalue weighted by Crippen LogP contribution is -2.26. The van der Waals surface area contributed by atoms with Crippen LogP contribution in [0.2, 0.25) is 0 Å². The molecular formula is C18H19N3O2. The number of amides is 1. The van der Waals surface area contributed by atoms with E-state index in [1.165, 1.54) is 0 Å². The lowest BCUT2D eigenvalue weighted by atomic mass is 10.1. The number of ether oxygens (including phenoxy) is 1. The van der Waals surface area contributed by atoms with Crippen LogP contribution in [0, 0.1) is 0 Å². The highest BCUT2D eigenvalue weighted by Crippen LogP contribution is 2.15. The maximum Gasteiger partial charge on any atom is 0.224 e. The molecule has 0 aliphatic rings. The molecule has 1 aromatic heterocycles. The minimum absolute atomic E-state index is 0.0368. The molecule has 0 saturated heterocycles. The summed E-state index contributed by atoms with van der Waals surface area (Å²) in [6.07, 6.45) is 0.321. The van der Waals surface area contributed by atoms with Gasteiger partial charge in [-0.25, -0.2) is 4.98 Å². The van der Waals surface area contributed by atoms with Crippen molar-refractivity contribution in [2.45, 2.75) is 13.0 Å². The normalized spacial score (nSPS) is 10.7. The molecule has 5 nitrogen and oxygen atoms in total. The van der Waals surface area contributed by atoms with E-state index in [0.29, 0.717) is 13.0 Å². The zero-order valence-electron chi connectivity index (χ0n) is 13.2. The Kier molecular flexibility index (Phi) is 4.28. The predicted molar refractivity (Wildman–Crippen MR) is 89.3 cm³/mol. The van der Waals surface area contributed by atoms with Gasteiger partial charge in [-0.05, 0) is 29.8 Å². The Morgan fingerprint density at radius 3 is 2.83 bits per heavy atom. The largest absolute Gasteiger partial charge is 0.497 e. The first-order valence-corrected chi connectivity index (χ1v) is 7.47. The molecule has 0 aliphatic heterocycles. The van der Waals surface area contributed by atoms with E-state index < -0.39 is 0 Å². The third kappa shape index (κ3) is 3.34. The molecule has 0 saturated carbocycles. The van der Waals surface area contributed by atoms with Gasteiger partial charge in [0.2, 0.25) is 5.91 Å². The standard InChI is InChI=1S/C18H19N3O2/c1-21-16-9-4-3-8-15(16)20-17(21)12-19-18(22)11-13-6-5-7-14(10-13)23-2/h3-10H,11-12H2,1-2H3,(H,19,22). The number of methoxy groups -OCH3 is 1. The lowest BCUT2D eigenvalue weighted by Gasteiger charge is -2.07. The van der Waals surface area contributed by atoms with Crippen LogP contribution in [0.4, 0.5) is 0 Å². The molecular weight excluding hydrogens is 290 g/mol. The molecule has 5 heteroatoms. The molecule has 0 atom stereocenters. The molecule has 0 aliphatic carbocycles. The van der Waals surface area contributed by atoms with Crippen LogP contribution in [0.5, 0.6) is 5.75 Å². The third-order valence-electron chi connectivity index (χ3n) is 3.82. The summed E-state index contributed by atoms with van der Waals surface area (Å²) in [6, 6.07) is 15.5. The van der Waals surface area contributed by atoms with Gasteiger partial charge < -0.3 is 14.6 Å². The zero-order chi connectivity index (χ0) is 16.2. The quantitative estimate of drug-likeness (QED) is 0.787. The molecule has 0 fully saturated rings. The second-order valence-corrected chi connectivity index (χ2v) is 5.38. The van der Waals surface area contributed by atoms with Gasteiger partial charge in [-0.3, -0.25) is 4.79 Å². The number of hydrogen-bond acceptors (Lipinski definition) is 3. The van der Waals surface area contributed by atoms with Crippen LogP contribution in [0.25, 0.3) is 11.0 Å². The van der Waals surface area contributed by atoms with Gasteiger partial charge in [-0.15, -0.1) is 0 Å².